The molecule has 0 amide bonds. The lowest BCUT2D eigenvalue weighted by Crippen LogP contribution is -2.34. The van der Waals surface area contributed by atoms with Crippen molar-refractivity contribution in [3.63, 3.8) is 0 Å². The molecule has 1 aliphatic rings. The molecule has 0 unspecified atom stereocenters. The lowest BCUT2D eigenvalue weighted by atomic mass is 10.1. The Bertz CT molecular complexity index is 643. The lowest BCUT2D eigenvalue weighted by Gasteiger charge is -2.27. The first kappa shape index (κ1) is 14.7. The van der Waals surface area contributed by atoms with Crippen LogP contribution in [0.2, 0.25) is 10.0 Å². The van der Waals surface area contributed by atoms with Gasteiger partial charge in [-0.25, -0.2) is 0 Å². The highest BCUT2D eigenvalue weighted by Crippen LogP contribution is 2.41. The third kappa shape index (κ3) is 2.89. The molecule has 0 aromatic heterocycles. The predicted molar refractivity (Wildman–Crippen MR) is 87.5 cm³/mol. The van der Waals surface area contributed by atoms with Gasteiger partial charge in [-0.15, -0.1) is 0 Å². The number of ether oxygens (including phenoxy) is 1. The van der Waals surface area contributed by atoms with E-state index in [1.165, 1.54) is 0 Å². The molecule has 3 rings (SSSR count). The second-order valence-electron chi connectivity index (χ2n) is 5.54. The van der Waals surface area contributed by atoms with Gasteiger partial charge in [0.05, 0.1) is 6.04 Å². The smallest absolute Gasteiger partial charge is 0.140 e. The third-order valence-corrected chi connectivity index (χ3v) is 4.49. The Labute approximate surface area is 135 Å². The van der Waals surface area contributed by atoms with Crippen LogP contribution < -0.4 is 4.74 Å². The Balaban J connectivity index is 2.00. The minimum atomic E-state index is -0.0615. The summed E-state index contributed by atoms with van der Waals surface area (Å²) in [6.07, 6.45) is 0.809. The second kappa shape index (κ2) is 5.88. The van der Waals surface area contributed by atoms with E-state index in [4.69, 9.17) is 27.9 Å². The first-order valence-electron chi connectivity index (χ1n) is 6.92. The number of likely N-dealkylation sites (N-methyl/N-ethyl adjacent to an activating group) is 1. The van der Waals surface area contributed by atoms with E-state index in [9.17, 15) is 0 Å². The summed E-state index contributed by atoms with van der Waals surface area (Å²) in [7, 11) is 4.13. The average Bonchev–Trinajstić information content (AvgIpc) is 2.79. The molecule has 1 aliphatic carbocycles. The third-order valence-electron chi connectivity index (χ3n) is 3.93. The highest BCUT2D eigenvalue weighted by molar-refractivity contribution is 6.35. The van der Waals surface area contributed by atoms with Crippen molar-refractivity contribution in [3.05, 3.63) is 63.6 Å². The zero-order chi connectivity index (χ0) is 15.0. The molecule has 0 saturated heterocycles. The van der Waals surface area contributed by atoms with Gasteiger partial charge < -0.3 is 9.64 Å². The standard InChI is InChI=1S/C17H17Cl2NO/c1-20(2)16-10-13-14(8-11(18)9-15(13)19)17(16)21-12-6-4-3-5-7-12/h3-9,16-17H,10H2,1-2H3/t16-,17-/m0/s1. The van der Waals surface area contributed by atoms with E-state index in [2.05, 4.69) is 19.0 Å². The Hall–Kier alpha value is -1.22. The molecule has 2 atom stereocenters. The van der Waals surface area contributed by atoms with Crippen LogP contribution in [0.1, 0.15) is 17.2 Å². The summed E-state index contributed by atoms with van der Waals surface area (Å²) in [6.45, 7) is 0. The van der Waals surface area contributed by atoms with Crippen molar-refractivity contribution in [2.45, 2.75) is 18.6 Å². The molecule has 0 spiro atoms. The van der Waals surface area contributed by atoms with E-state index < -0.39 is 0 Å². The van der Waals surface area contributed by atoms with Crippen LogP contribution >= 0.6 is 23.2 Å². The van der Waals surface area contributed by atoms with Crippen molar-refractivity contribution in [2.24, 2.45) is 0 Å². The van der Waals surface area contributed by atoms with Crippen molar-refractivity contribution >= 4 is 23.2 Å². The molecule has 0 N–H and O–H groups in total. The first-order valence-corrected chi connectivity index (χ1v) is 7.68. The normalized spacial score (nSPS) is 20.6. The van der Waals surface area contributed by atoms with Crippen LogP contribution in [0.5, 0.6) is 5.75 Å². The molecule has 0 heterocycles. The average molecular weight is 322 g/mol. The quantitative estimate of drug-likeness (QED) is 0.819. The van der Waals surface area contributed by atoms with E-state index in [0.29, 0.717) is 5.02 Å². The molecule has 0 saturated carbocycles. The van der Waals surface area contributed by atoms with Crippen molar-refractivity contribution in [1.29, 1.82) is 0 Å². The topological polar surface area (TPSA) is 12.5 Å². The molecule has 21 heavy (non-hydrogen) atoms. The van der Waals surface area contributed by atoms with E-state index in [1.54, 1.807) is 6.07 Å². The van der Waals surface area contributed by atoms with Gasteiger partial charge in [0.15, 0.2) is 0 Å². The fourth-order valence-corrected chi connectivity index (χ4v) is 3.44. The van der Waals surface area contributed by atoms with Crippen molar-refractivity contribution in [1.82, 2.24) is 4.90 Å². The zero-order valence-electron chi connectivity index (χ0n) is 12.0. The fraction of sp³-hybridized carbons (Fsp3) is 0.294. The molecule has 2 nitrogen and oxygen atoms in total. The van der Waals surface area contributed by atoms with E-state index >= 15 is 0 Å². The molecule has 4 heteroatoms. The van der Waals surface area contributed by atoms with E-state index in [-0.39, 0.29) is 12.1 Å². The van der Waals surface area contributed by atoms with Crippen molar-refractivity contribution in [3.8, 4) is 5.75 Å². The van der Waals surface area contributed by atoms with E-state index in [1.807, 2.05) is 36.4 Å². The van der Waals surface area contributed by atoms with Crippen LogP contribution in [0.3, 0.4) is 0 Å². The van der Waals surface area contributed by atoms with Crippen LogP contribution in [0, 0.1) is 0 Å². The van der Waals surface area contributed by atoms with Crippen LogP contribution in [0.15, 0.2) is 42.5 Å². The van der Waals surface area contributed by atoms with Gasteiger partial charge in [-0.2, -0.15) is 0 Å². The van der Waals surface area contributed by atoms with Gasteiger partial charge in [0, 0.05) is 15.6 Å². The maximum absolute atomic E-state index is 6.35. The zero-order valence-corrected chi connectivity index (χ0v) is 13.5. The highest BCUT2D eigenvalue weighted by Gasteiger charge is 2.37. The molecule has 0 fully saturated rings. The van der Waals surface area contributed by atoms with Crippen LogP contribution in [0.25, 0.3) is 0 Å². The minimum Gasteiger partial charge on any atom is -0.484 e. The molecule has 2 aromatic carbocycles. The Kier molecular flexibility index (Phi) is 4.12. The van der Waals surface area contributed by atoms with Crippen molar-refractivity contribution in [2.75, 3.05) is 14.1 Å². The lowest BCUT2D eigenvalue weighted by molar-refractivity contribution is 0.111. The molecule has 2 aromatic rings. The summed E-state index contributed by atoms with van der Waals surface area (Å²) in [5, 5.41) is 1.38. The summed E-state index contributed by atoms with van der Waals surface area (Å²) in [5.41, 5.74) is 2.23. The summed E-state index contributed by atoms with van der Waals surface area (Å²) >= 11 is 12.5. The SMILES string of the molecule is CN(C)[C@H]1Cc2c(Cl)cc(Cl)cc2[C@@H]1Oc1ccccc1. The highest BCUT2D eigenvalue weighted by atomic mass is 35.5. The molecule has 0 radical (unpaired) electrons. The second-order valence-corrected chi connectivity index (χ2v) is 6.39. The molecular weight excluding hydrogens is 305 g/mol. The van der Waals surface area contributed by atoms with Gasteiger partial charge >= 0.3 is 0 Å². The Morgan fingerprint density at radius 3 is 2.48 bits per heavy atom. The number of para-hydroxylation sites is 1. The summed E-state index contributed by atoms with van der Waals surface area (Å²) in [6, 6.07) is 13.9. The summed E-state index contributed by atoms with van der Waals surface area (Å²) < 4.78 is 6.23. The summed E-state index contributed by atoms with van der Waals surface area (Å²) in [4.78, 5) is 2.18. The van der Waals surface area contributed by atoms with Gasteiger partial charge in [0.2, 0.25) is 0 Å². The molecule has 0 aliphatic heterocycles. The number of fused-ring (bicyclic) bond motifs is 1. The van der Waals surface area contributed by atoms with Crippen LogP contribution in [0.4, 0.5) is 0 Å². The maximum atomic E-state index is 6.35. The van der Waals surface area contributed by atoms with Gasteiger partial charge in [-0.3, -0.25) is 0 Å². The number of halogens is 2. The van der Waals surface area contributed by atoms with Gasteiger partial charge in [0.1, 0.15) is 11.9 Å². The van der Waals surface area contributed by atoms with E-state index in [0.717, 1.165) is 28.3 Å². The van der Waals surface area contributed by atoms with Crippen molar-refractivity contribution < 1.29 is 4.74 Å². The van der Waals surface area contributed by atoms with Gasteiger partial charge in [0.25, 0.3) is 0 Å². The maximum Gasteiger partial charge on any atom is 0.140 e. The minimum absolute atomic E-state index is 0.0615. The number of rotatable bonds is 3. The number of nitrogens with zero attached hydrogens (tertiary/aromatic N) is 1. The largest absolute Gasteiger partial charge is 0.484 e. The monoisotopic (exact) mass is 321 g/mol. The van der Waals surface area contributed by atoms with Gasteiger partial charge in [-0.1, -0.05) is 41.4 Å². The number of hydrogen-bond donors (Lipinski definition) is 0. The molecule has 0 bridgehead atoms. The van der Waals surface area contributed by atoms with Crippen LogP contribution in [-0.4, -0.2) is 25.0 Å². The molecule has 110 valence electrons. The Morgan fingerprint density at radius 1 is 1.10 bits per heavy atom. The van der Waals surface area contributed by atoms with Gasteiger partial charge in [-0.05, 0) is 50.3 Å². The summed E-state index contributed by atoms with van der Waals surface area (Å²) in [5.74, 6) is 0.860. The number of benzene rings is 2. The number of hydrogen-bond acceptors (Lipinski definition) is 2. The van der Waals surface area contributed by atoms with Crippen LogP contribution in [-0.2, 0) is 6.42 Å². The molecular formula is C17H17Cl2NO. The fourth-order valence-electron chi connectivity index (χ4n) is 2.86. The Morgan fingerprint density at radius 2 is 1.81 bits per heavy atom. The predicted octanol–water partition coefficient (Wildman–Crippen LogP) is 4.60. The first-order chi connectivity index (χ1) is 10.1.